The lowest BCUT2D eigenvalue weighted by molar-refractivity contribution is -0.136. The van der Waals surface area contributed by atoms with Gasteiger partial charge in [0, 0.05) is 43.9 Å². The van der Waals surface area contributed by atoms with E-state index in [1.165, 1.54) is 9.80 Å². The quantitative estimate of drug-likeness (QED) is 0.513. The Labute approximate surface area is 252 Å². The smallest absolute Gasteiger partial charge is 0.410 e. The molecular formula is C32H39N5O6. The van der Waals surface area contributed by atoms with E-state index >= 15 is 0 Å². The normalized spacial score (nSPS) is 21.2. The topological polar surface area (TPSA) is 136 Å². The molecule has 0 bridgehead atoms. The van der Waals surface area contributed by atoms with Crippen LogP contribution in [0.15, 0.2) is 36.5 Å². The molecule has 2 fully saturated rings. The van der Waals surface area contributed by atoms with E-state index < -0.39 is 18.2 Å². The summed E-state index contributed by atoms with van der Waals surface area (Å²) in [5.41, 5.74) is 3.54. The molecule has 0 spiro atoms. The van der Waals surface area contributed by atoms with Crippen molar-refractivity contribution in [1.82, 2.24) is 19.7 Å². The zero-order valence-electron chi connectivity index (χ0n) is 24.9. The van der Waals surface area contributed by atoms with Crippen molar-refractivity contribution >= 4 is 18.1 Å². The number of benzene rings is 1. The highest BCUT2D eigenvalue weighted by Crippen LogP contribution is 2.31. The van der Waals surface area contributed by atoms with Crippen LogP contribution < -0.4 is 4.74 Å². The number of hydrogen-bond acceptors (Lipinski definition) is 7. The number of ether oxygens (including phenoxy) is 2. The van der Waals surface area contributed by atoms with E-state index in [4.69, 9.17) is 9.47 Å². The monoisotopic (exact) mass is 589 g/mol. The number of hydrogen-bond donors (Lipinski definition) is 1. The van der Waals surface area contributed by atoms with Crippen LogP contribution in [-0.2, 0) is 22.5 Å². The van der Waals surface area contributed by atoms with E-state index in [1.54, 1.807) is 11.1 Å². The Balaban J connectivity index is 1.21. The number of carbonyl (C=O) groups is 3. The summed E-state index contributed by atoms with van der Waals surface area (Å²) in [5, 5.41) is 19.4. The highest BCUT2D eigenvalue weighted by Gasteiger charge is 2.40. The zero-order valence-corrected chi connectivity index (χ0v) is 24.9. The predicted octanol–water partition coefficient (Wildman–Crippen LogP) is 4.69. The molecule has 3 aliphatic heterocycles. The van der Waals surface area contributed by atoms with E-state index in [-0.39, 0.29) is 37.2 Å². The summed E-state index contributed by atoms with van der Waals surface area (Å²) in [6.45, 7) is 7.58. The van der Waals surface area contributed by atoms with Gasteiger partial charge >= 0.3 is 12.2 Å². The van der Waals surface area contributed by atoms with Crippen LogP contribution in [0.5, 0.6) is 5.88 Å². The van der Waals surface area contributed by atoms with Crippen LogP contribution in [0.3, 0.4) is 0 Å². The van der Waals surface area contributed by atoms with Crippen molar-refractivity contribution in [2.24, 2.45) is 5.92 Å². The first-order valence-corrected chi connectivity index (χ1v) is 15.0. The van der Waals surface area contributed by atoms with Gasteiger partial charge in [-0.15, -0.1) is 0 Å². The number of nitrogens with zero attached hydrogens (tertiary/aromatic N) is 5. The Hall–Kier alpha value is -4.33. The van der Waals surface area contributed by atoms with E-state index in [2.05, 4.69) is 11.1 Å². The summed E-state index contributed by atoms with van der Waals surface area (Å²) in [4.78, 5) is 46.6. The molecular weight excluding hydrogens is 550 g/mol. The van der Waals surface area contributed by atoms with Gasteiger partial charge in [-0.3, -0.25) is 9.69 Å². The van der Waals surface area contributed by atoms with Crippen molar-refractivity contribution in [3.8, 4) is 23.1 Å². The second-order valence-electron chi connectivity index (χ2n) is 11.9. The number of rotatable bonds is 6. The van der Waals surface area contributed by atoms with Crippen molar-refractivity contribution in [1.29, 1.82) is 5.26 Å². The van der Waals surface area contributed by atoms with Gasteiger partial charge in [0.15, 0.2) is 0 Å². The average molecular weight is 590 g/mol. The van der Waals surface area contributed by atoms with Gasteiger partial charge in [-0.2, -0.15) is 5.26 Å². The van der Waals surface area contributed by atoms with E-state index in [9.17, 15) is 24.8 Å². The standard InChI is InChI=1S/C32H39N5O6/c1-20(2)42-32(41)35-13-10-22(11-14-35)21(3)43-29-9-8-25(18-34-29)23-6-7-24-16-28(37(31(39)40)19-26(24)15-23)30(38)36-12-4-5-27(36)17-33/h6-9,15,18,20-22,27-28H,4-5,10-14,16,19H2,1-3H3,(H,39,40)/t21-,27-,28?/m0/s1. The van der Waals surface area contributed by atoms with Crippen molar-refractivity contribution in [3.05, 3.63) is 47.7 Å². The Morgan fingerprint density at radius 3 is 2.40 bits per heavy atom. The summed E-state index contributed by atoms with van der Waals surface area (Å²) in [5.74, 6) is 0.524. The van der Waals surface area contributed by atoms with Gasteiger partial charge in [0.1, 0.15) is 18.2 Å². The van der Waals surface area contributed by atoms with Gasteiger partial charge in [-0.25, -0.2) is 14.6 Å². The Morgan fingerprint density at radius 2 is 1.74 bits per heavy atom. The largest absolute Gasteiger partial charge is 0.474 e. The lowest BCUT2D eigenvalue weighted by Gasteiger charge is -2.36. The van der Waals surface area contributed by atoms with Crippen LogP contribution in [0.25, 0.3) is 11.1 Å². The molecule has 0 saturated carbocycles. The number of aromatic nitrogens is 1. The number of carbonyl (C=O) groups excluding carboxylic acids is 2. The minimum atomic E-state index is -1.15. The Morgan fingerprint density at radius 1 is 1.00 bits per heavy atom. The lowest BCUT2D eigenvalue weighted by atomic mass is 9.90. The van der Waals surface area contributed by atoms with Gasteiger partial charge in [-0.05, 0) is 81.2 Å². The third-order valence-electron chi connectivity index (χ3n) is 8.73. The van der Waals surface area contributed by atoms with Crippen molar-refractivity contribution in [3.63, 3.8) is 0 Å². The van der Waals surface area contributed by atoms with Gasteiger partial charge in [-0.1, -0.05) is 12.1 Å². The van der Waals surface area contributed by atoms with Crippen molar-refractivity contribution < 1.29 is 29.0 Å². The molecule has 5 rings (SSSR count). The molecule has 1 aromatic carbocycles. The zero-order chi connectivity index (χ0) is 30.7. The molecule has 1 N–H and O–H groups in total. The average Bonchev–Trinajstić information content (AvgIpc) is 3.49. The molecule has 43 heavy (non-hydrogen) atoms. The maximum Gasteiger partial charge on any atom is 0.410 e. The van der Waals surface area contributed by atoms with Crippen LogP contribution in [-0.4, -0.2) is 86.8 Å². The van der Waals surface area contributed by atoms with Crippen LogP contribution in [0.4, 0.5) is 9.59 Å². The molecule has 0 aliphatic carbocycles. The summed E-state index contributed by atoms with van der Waals surface area (Å²) in [7, 11) is 0. The summed E-state index contributed by atoms with van der Waals surface area (Å²) < 4.78 is 11.5. The van der Waals surface area contributed by atoms with E-state index in [1.807, 2.05) is 51.1 Å². The molecule has 11 nitrogen and oxygen atoms in total. The molecule has 11 heteroatoms. The first-order valence-electron chi connectivity index (χ1n) is 15.0. The number of amides is 3. The first-order chi connectivity index (χ1) is 20.6. The molecule has 228 valence electrons. The first kappa shape index (κ1) is 30.1. The summed E-state index contributed by atoms with van der Waals surface area (Å²) in [6, 6.07) is 10.5. The Bertz CT molecular complexity index is 1380. The van der Waals surface area contributed by atoms with Crippen LogP contribution in [0.1, 0.15) is 57.6 Å². The fraction of sp³-hybridized carbons (Fsp3) is 0.531. The lowest BCUT2D eigenvalue weighted by Crippen LogP contribution is -2.54. The van der Waals surface area contributed by atoms with Gasteiger partial charge in [0.2, 0.25) is 11.8 Å². The fourth-order valence-electron chi connectivity index (χ4n) is 6.28. The molecule has 3 atom stereocenters. The second kappa shape index (κ2) is 12.9. The summed E-state index contributed by atoms with van der Waals surface area (Å²) in [6.07, 6.45) is 3.43. The third-order valence-corrected chi connectivity index (χ3v) is 8.73. The maximum absolute atomic E-state index is 13.3. The van der Waals surface area contributed by atoms with Crippen molar-refractivity contribution in [2.45, 2.75) is 83.7 Å². The number of likely N-dealkylation sites (tertiary alicyclic amines) is 2. The van der Waals surface area contributed by atoms with Crippen molar-refractivity contribution in [2.75, 3.05) is 19.6 Å². The van der Waals surface area contributed by atoms with Crippen LogP contribution in [0.2, 0.25) is 0 Å². The Kier molecular flexibility index (Phi) is 9.04. The molecule has 1 unspecified atom stereocenters. The SMILES string of the molecule is CC(C)OC(=O)N1CCC([C@H](C)Oc2ccc(-c3ccc4c(c3)CN(C(=O)O)C(C(=O)N3CCC[C@H]3C#N)C4)cn2)CC1. The highest BCUT2D eigenvalue weighted by molar-refractivity contribution is 5.87. The highest BCUT2D eigenvalue weighted by atomic mass is 16.6. The fourth-order valence-corrected chi connectivity index (χ4v) is 6.28. The van der Waals surface area contributed by atoms with Crippen LogP contribution >= 0.6 is 0 Å². The van der Waals surface area contributed by atoms with Gasteiger partial charge in [0.25, 0.3) is 0 Å². The maximum atomic E-state index is 13.3. The minimum absolute atomic E-state index is 0.0629. The molecule has 3 aliphatic rings. The number of nitriles is 1. The van der Waals surface area contributed by atoms with E-state index in [0.29, 0.717) is 37.9 Å². The predicted molar refractivity (Wildman–Crippen MR) is 157 cm³/mol. The van der Waals surface area contributed by atoms with Gasteiger partial charge < -0.3 is 24.4 Å². The molecule has 0 radical (unpaired) electrons. The van der Waals surface area contributed by atoms with E-state index in [0.717, 1.165) is 41.5 Å². The summed E-state index contributed by atoms with van der Waals surface area (Å²) >= 11 is 0. The number of piperidine rings is 1. The molecule has 2 aromatic rings. The number of pyridine rings is 1. The molecule has 4 heterocycles. The van der Waals surface area contributed by atoms with Gasteiger partial charge in [0.05, 0.1) is 18.7 Å². The molecule has 2 saturated heterocycles. The number of carboxylic acid groups (broad SMARTS) is 1. The minimum Gasteiger partial charge on any atom is -0.474 e. The second-order valence-corrected chi connectivity index (χ2v) is 11.9. The molecule has 1 aromatic heterocycles. The third kappa shape index (κ3) is 6.69. The molecule has 3 amide bonds. The number of fused-ring (bicyclic) bond motifs is 1. The van der Waals surface area contributed by atoms with Crippen LogP contribution in [0, 0.1) is 17.2 Å².